The van der Waals surface area contributed by atoms with Gasteiger partial charge in [-0.1, -0.05) is 62.4 Å². The van der Waals surface area contributed by atoms with Crippen LogP contribution in [0.4, 0.5) is 0 Å². The Morgan fingerprint density at radius 3 is 1.77 bits per heavy atom. The Morgan fingerprint density at radius 2 is 1.28 bits per heavy atom. The SMILES string of the molecule is CC(C)C(O)C(O)CN(CC(=O)NCCCc1ccc(-c2ccc(CCCCN)cc2)cc1)CC(O)C(O)C(O)CCO. The fraction of sp³-hybridized carbons (Fsp3) is 0.606. The molecule has 5 unspecified atom stereocenters. The maximum absolute atomic E-state index is 12.7. The van der Waals surface area contributed by atoms with Gasteiger partial charge in [0.05, 0.1) is 31.0 Å². The average Bonchev–Trinajstić information content (AvgIpc) is 2.99. The first-order valence-electron chi connectivity index (χ1n) is 15.4. The second-order valence-corrected chi connectivity index (χ2v) is 11.7. The maximum Gasteiger partial charge on any atom is 0.234 e. The highest BCUT2D eigenvalue weighted by Crippen LogP contribution is 2.21. The van der Waals surface area contributed by atoms with E-state index in [1.807, 2.05) is 0 Å². The molecule has 10 nitrogen and oxygen atoms in total. The molecule has 0 saturated heterocycles. The standard InChI is InChI=1S/C33H53N3O7/c1-23(2)32(42)29(39)20-36(21-30(40)33(43)28(38)16-19-37)22-31(41)35-18-5-7-25-10-14-27(15-11-25)26-12-8-24(9-13-26)6-3-4-17-34/h8-15,23,28-30,32-33,37-40,42-43H,3-7,16-22,34H2,1-2H3,(H,35,41). The van der Waals surface area contributed by atoms with Crippen molar-refractivity contribution in [2.75, 3.05) is 39.3 Å². The molecule has 2 rings (SSSR count). The number of carbonyl (C=O) groups is 1. The highest BCUT2D eigenvalue weighted by molar-refractivity contribution is 5.78. The van der Waals surface area contributed by atoms with Gasteiger partial charge in [-0.15, -0.1) is 0 Å². The number of nitrogens with one attached hydrogen (secondary N) is 1. The van der Waals surface area contributed by atoms with Crippen molar-refractivity contribution in [3.8, 4) is 11.1 Å². The smallest absolute Gasteiger partial charge is 0.234 e. The maximum atomic E-state index is 12.7. The molecule has 0 bridgehead atoms. The molecule has 242 valence electrons. The van der Waals surface area contributed by atoms with E-state index in [4.69, 9.17) is 10.8 Å². The third-order valence-corrected chi connectivity index (χ3v) is 7.67. The summed E-state index contributed by atoms with van der Waals surface area (Å²) in [5.74, 6) is -0.551. The first-order valence-corrected chi connectivity index (χ1v) is 15.4. The number of nitrogens with two attached hydrogens (primary N) is 1. The molecule has 0 heterocycles. The van der Waals surface area contributed by atoms with E-state index < -0.39 is 30.5 Å². The molecule has 2 aromatic rings. The molecule has 0 aliphatic rings. The van der Waals surface area contributed by atoms with E-state index in [-0.39, 0.29) is 44.5 Å². The summed E-state index contributed by atoms with van der Waals surface area (Å²) in [6.45, 7) is 3.79. The monoisotopic (exact) mass is 603 g/mol. The van der Waals surface area contributed by atoms with Crippen LogP contribution in [-0.2, 0) is 17.6 Å². The number of aliphatic hydroxyl groups is 6. The summed E-state index contributed by atoms with van der Waals surface area (Å²) in [5.41, 5.74) is 10.4. The van der Waals surface area contributed by atoms with Gasteiger partial charge in [0.1, 0.15) is 6.10 Å². The van der Waals surface area contributed by atoms with Crippen molar-refractivity contribution in [1.82, 2.24) is 10.2 Å². The van der Waals surface area contributed by atoms with Gasteiger partial charge in [-0.3, -0.25) is 9.69 Å². The number of carbonyl (C=O) groups excluding carboxylic acids is 1. The minimum Gasteiger partial charge on any atom is -0.396 e. The quantitative estimate of drug-likeness (QED) is 0.0959. The summed E-state index contributed by atoms with van der Waals surface area (Å²) >= 11 is 0. The second-order valence-electron chi connectivity index (χ2n) is 11.7. The molecule has 9 N–H and O–H groups in total. The van der Waals surface area contributed by atoms with E-state index in [0.29, 0.717) is 13.0 Å². The molecule has 0 saturated carbocycles. The number of aryl methyl sites for hydroxylation is 2. The Balaban J connectivity index is 1.85. The molecule has 1 amide bonds. The van der Waals surface area contributed by atoms with Crippen molar-refractivity contribution in [2.45, 2.75) is 82.9 Å². The normalized spacial score (nSPS) is 15.3. The molecule has 0 spiro atoms. The van der Waals surface area contributed by atoms with Gasteiger partial charge < -0.3 is 41.7 Å². The number of rotatable bonds is 21. The highest BCUT2D eigenvalue weighted by Gasteiger charge is 2.29. The number of hydrogen-bond donors (Lipinski definition) is 8. The lowest BCUT2D eigenvalue weighted by Gasteiger charge is -2.31. The molecule has 0 fully saturated rings. The molecule has 0 aliphatic carbocycles. The molecule has 2 aromatic carbocycles. The zero-order valence-corrected chi connectivity index (χ0v) is 25.7. The topological polar surface area (TPSA) is 180 Å². The molecule has 0 aliphatic heterocycles. The van der Waals surface area contributed by atoms with E-state index in [0.717, 1.165) is 48.9 Å². The van der Waals surface area contributed by atoms with Gasteiger partial charge >= 0.3 is 0 Å². The van der Waals surface area contributed by atoms with Crippen molar-refractivity contribution < 1.29 is 35.4 Å². The van der Waals surface area contributed by atoms with Crippen molar-refractivity contribution >= 4 is 5.91 Å². The Kier molecular flexibility index (Phi) is 16.9. The molecule has 0 aromatic heterocycles. The van der Waals surface area contributed by atoms with Crippen LogP contribution in [0.5, 0.6) is 0 Å². The fourth-order valence-corrected chi connectivity index (χ4v) is 4.93. The summed E-state index contributed by atoms with van der Waals surface area (Å²) in [4.78, 5) is 14.1. The second kappa shape index (κ2) is 19.8. The number of unbranched alkanes of at least 4 members (excludes halogenated alkanes) is 1. The van der Waals surface area contributed by atoms with E-state index in [1.165, 1.54) is 10.5 Å². The van der Waals surface area contributed by atoms with Gasteiger partial charge in [0, 0.05) is 26.2 Å². The summed E-state index contributed by atoms with van der Waals surface area (Å²) < 4.78 is 0. The van der Waals surface area contributed by atoms with Crippen LogP contribution in [0, 0.1) is 5.92 Å². The average molecular weight is 604 g/mol. The predicted molar refractivity (Wildman–Crippen MR) is 168 cm³/mol. The lowest BCUT2D eigenvalue weighted by Crippen LogP contribution is -2.51. The number of nitrogens with zero attached hydrogens (tertiary/aromatic N) is 1. The molecule has 0 radical (unpaired) electrons. The summed E-state index contributed by atoms with van der Waals surface area (Å²) in [5, 5.41) is 63.1. The zero-order valence-electron chi connectivity index (χ0n) is 25.7. The summed E-state index contributed by atoms with van der Waals surface area (Å²) in [6, 6.07) is 17.0. The lowest BCUT2D eigenvalue weighted by atomic mass is 9.99. The minimum atomic E-state index is -1.54. The number of aliphatic hydroxyl groups excluding tert-OH is 6. The summed E-state index contributed by atoms with van der Waals surface area (Å²) in [7, 11) is 0. The Labute approximate surface area is 256 Å². The first-order chi connectivity index (χ1) is 20.5. The van der Waals surface area contributed by atoms with E-state index in [2.05, 4.69) is 53.8 Å². The van der Waals surface area contributed by atoms with E-state index in [1.54, 1.807) is 13.8 Å². The molecule has 10 heteroatoms. The largest absolute Gasteiger partial charge is 0.396 e. The van der Waals surface area contributed by atoms with Crippen molar-refractivity contribution in [3.05, 3.63) is 59.7 Å². The zero-order chi connectivity index (χ0) is 31.8. The van der Waals surface area contributed by atoms with E-state index in [9.17, 15) is 30.3 Å². The first kappa shape index (κ1) is 36.8. The van der Waals surface area contributed by atoms with Crippen molar-refractivity contribution in [3.63, 3.8) is 0 Å². The van der Waals surface area contributed by atoms with Gasteiger partial charge in [-0.25, -0.2) is 0 Å². The van der Waals surface area contributed by atoms with Crippen LogP contribution in [0.25, 0.3) is 11.1 Å². The van der Waals surface area contributed by atoms with Crippen LogP contribution in [0.1, 0.15) is 50.7 Å². The fourth-order valence-electron chi connectivity index (χ4n) is 4.93. The number of benzene rings is 2. The molecule has 5 atom stereocenters. The third kappa shape index (κ3) is 13.4. The van der Waals surface area contributed by atoms with Gasteiger partial charge in [0.2, 0.25) is 5.91 Å². The number of amides is 1. The Morgan fingerprint density at radius 1 is 0.767 bits per heavy atom. The Bertz CT molecular complexity index is 1040. The van der Waals surface area contributed by atoms with Crippen LogP contribution in [0.3, 0.4) is 0 Å². The summed E-state index contributed by atoms with van der Waals surface area (Å²) in [6.07, 6.45) is -1.98. The molecular weight excluding hydrogens is 550 g/mol. The molecular formula is C33H53N3O7. The van der Waals surface area contributed by atoms with Gasteiger partial charge in [0.15, 0.2) is 0 Å². The van der Waals surface area contributed by atoms with Crippen LogP contribution >= 0.6 is 0 Å². The van der Waals surface area contributed by atoms with Crippen LogP contribution in [-0.4, -0.2) is 111 Å². The van der Waals surface area contributed by atoms with Crippen molar-refractivity contribution in [1.29, 1.82) is 0 Å². The highest BCUT2D eigenvalue weighted by atomic mass is 16.4. The Hall–Kier alpha value is -2.41. The van der Waals surface area contributed by atoms with Crippen LogP contribution < -0.4 is 11.1 Å². The van der Waals surface area contributed by atoms with Crippen molar-refractivity contribution in [2.24, 2.45) is 11.7 Å². The lowest BCUT2D eigenvalue weighted by molar-refractivity contribution is -0.124. The minimum absolute atomic E-state index is 0.112. The predicted octanol–water partition coefficient (Wildman–Crippen LogP) is 0.829. The van der Waals surface area contributed by atoms with Crippen LogP contribution in [0.2, 0.25) is 0 Å². The van der Waals surface area contributed by atoms with Gasteiger partial charge in [-0.05, 0) is 73.2 Å². The van der Waals surface area contributed by atoms with Gasteiger partial charge in [-0.2, -0.15) is 0 Å². The van der Waals surface area contributed by atoms with Crippen LogP contribution in [0.15, 0.2) is 48.5 Å². The molecule has 43 heavy (non-hydrogen) atoms. The van der Waals surface area contributed by atoms with Gasteiger partial charge in [0.25, 0.3) is 0 Å². The van der Waals surface area contributed by atoms with E-state index >= 15 is 0 Å². The number of hydrogen-bond acceptors (Lipinski definition) is 9. The third-order valence-electron chi connectivity index (χ3n) is 7.67.